The number of para-hydroxylation sites is 1. The van der Waals surface area contributed by atoms with Gasteiger partial charge in [-0.3, -0.25) is 4.79 Å². The van der Waals surface area contributed by atoms with E-state index in [2.05, 4.69) is 5.32 Å². The molecule has 0 radical (unpaired) electrons. The minimum atomic E-state index is -0.751. The fourth-order valence-electron chi connectivity index (χ4n) is 2.38. The molecule has 3 aromatic rings. The first-order valence-electron chi connectivity index (χ1n) is 8.62. The fraction of sp³-hybridized carbons (Fsp3) is 0.143. The van der Waals surface area contributed by atoms with Gasteiger partial charge in [-0.25, -0.2) is 4.79 Å². The van der Waals surface area contributed by atoms with E-state index in [0.717, 1.165) is 0 Å². The summed E-state index contributed by atoms with van der Waals surface area (Å²) in [6.45, 7) is -0.310. The van der Waals surface area contributed by atoms with Crippen molar-refractivity contribution in [3.8, 4) is 11.5 Å². The number of benzene rings is 2. The third-order valence-corrected chi connectivity index (χ3v) is 4.05. The molecule has 0 unspecified atom stereocenters. The highest BCUT2D eigenvalue weighted by Crippen LogP contribution is 2.27. The van der Waals surface area contributed by atoms with Crippen LogP contribution in [0.1, 0.15) is 16.3 Å². The minimum Gasteiger partial charge on any atom is -0.495 e. The molecule has 1 N–H and O–H groups in total. The maximum absolute atomic E-state index is 12.1. The van der Waals surface area contributed by atoms with Gasteiger partial charge in [0.05, 0.1) is 12.1 Å². The fourth-order valence-corrected chi connectivity index (χ4v) is 2.64. The lowest BCUT2D eigenvalue weighted by Gasteiger charge is -2.08. The Balaban J connectivity index is 1.47. The van der Waals surface area contributed by atoms with Crippen LogP contribution in [0.25, 0.3) is 0 Å². The van der Waals surface area contributed by atoms with E-state index in [1.807, 2.05) is 30.3 Å². The van der Waals surface area contributed by atoms with Gasteiger partial charge in [-0.1, -0.05) is 29.8 Å². The molecule has 0 atom stereocenters. The molecule has 29 heavy (non-hydrogen) atoms. The molecule has 0 fully saturated rings. The summed E-state index contributed by atoms with van der Waals surface area (Å²) in [5, 5.41) is 2.93. The third kappa shape index (κ3) is 5.76. The van der Waals surface area contributed by atoms with Crippen molar-refractivity contribution < 1.29 is 28.2 Å². The highest BCUT2D eigenvalue weighted by Gasteiger charge is 2.15. The van der Waals surface area contributed by atoms with Gasteiger partial charge in [0, 0.05) is 5.69 Å². The van der Waals surface area contributed by atoms with Gasteiger partial charge in [-0.2, -0.15) is 0 Å². The van der Waals surface area contributed by atoms with Gasteiger partial charge in [0.2, 0.25) is 5.76 Å². The van der Waals surface area contributed by atoms with Gasteiger partial charge in [-0.15, -0.1) is 0 Å². The summed E-state index contributed by atoms with van der Waals surface area (Å²) in [5.41, 5.74) is 0.454. The number of hydrogen-bond donors (Lipinski definition) is 1. The van der Waals surface area contributed by atoms with Crippen LogP contribution in [0, 0.1) is 0 Å². The molecular formula is C21H18ClNO6. The second-order valence-electron chi connectivity index (χ2n) is 5.84. The maximum atomic E-state index is 12.1. The van der Waals surface area contributed by atoms with Crippen molar-refractivity contribution in [2.75, 3.05) is 19.0 Å². The van der Waals surface area contributed by atoms with Gasteiger partial charge in [0.15, 0.2) is 6.61 Å². The van der Waals surface area contributed by atoms with Crippen molar-refractivity contribution in [1.82, 2.24) is 0 Å². The Bertz CT molecular complexity index is 986. The Morgan fingerprint density at radius 3 is 2.59 bits per heavy atom. The number of ether oxygens (including phenoxy) is 3. The highest BCUT2D eigenvalue weighted by atomic mass is 35.5. The van der Waals surface area contributed by atoms with Crippen molar-refractivity contribution in [3.05, 3.63) is 77.2 Å². The lowest BCUT2D eigenvalue weighted by molar-refractivity contribution is -0.119. The largest absolute Gasteiger partial charge is 0.495 e. The number of amides is 1. The van der Waals surface area contributed by atoms with Gasteiger partial charge in [0.25, 0.3) is 5.91 Å². The van der Waals surface area contributed by atoms with Gasteiger partial charge >= 0.3 is 5.97 Å². The summed E-state index contributed by atoms with van der Waals surface area (Å²) in [4.78, 5) is 24.0. The molecule has 1 aromatic heterocycles. The number of nitrogens with one attached hydrogen (secondary N) is 1. The second kappa shape index (κ2) is 9.66. The van der Waals surface area contributed by atoms with Crippen molar-refractivity contribution in [1.29, 1.82) is 0 Å². The normalized spacial score (nSPS) is 10.3. The zero-order chi connectivity index (χ0) is 20.6. The first-order valence-corrected chi connectivity index (χ1v) is 9.00. The summed E-state index contributed by atoms with van der Waals surface area (Å²) in [7, 11) is 1.49. The number of furan rings is 1. The summed E-state index contributed by atoms with van der Waals surface area (Å²) >= 11 is 6.00. The van der Waals surface area contributed by atoms with Gasteiger partial charge in [0.1, 0.15) is 23.9 Å². The first-order chi connectivity index (χ1) is 14.0. The molecule has 150 valence electrons. The van der Waals surface area contributed by atoms with Crippen LogP contribution in [0.15, 0.2) is 65.1 Å². The number of hydrogen-bond acceptors (Lipinski definition) is 6. The van der Waals surface area contributed by atoms with Crippen LogP contribution < -0.4 is 14.8 Å². The van der Waals surface area contributed by atoms with Gasteiger partial charge in [-0.05, 0) is 42.5 Å². The molecule has 3 rings (SSSR count). The number of anilines is 1. The SMILES string of the molecule is COc1ccc(NC(=O)COC(=O)c2ccc(COc3ccccc3)o2)cc1Cl. The molecule has 2 aromatic carbocycles. The van der Waals surface area contributed by atoms with E-state index in [1.165, 1.54) is 19.2 Å². The molecule has 0 saturated carbocycles. The van der Waals surface area contributed by atoms with E-state index in [4.69, 9.17) is 30.2 Å². The molecule has 0 aliphatic heterocycles. The smallest absolute Gasteiger partial charge is 0.374 e. The van der Waals surface area contributed by atoms with E-state index >= 15 is 0 Å². The number of esters is 1. The summed E-state index contributed by atoms with van der Waals surface area (Å²) in [6, 6.07) is 17.1. The van der Waals surface area contributed by atoms with Crippen LogP contribution >= 0.6 is 11.6 Å². The van der Waals surface area contributed by atoms with E-state index in [-0.39, 0.29) is 12.4 Å². The first kappa shape index (κ1) is 20.3. The lowest BCUT2D eigenvalue weighted by atomic mass is 10.3. The Morgan fingerprint density at radius 1 is 1.07 bits per heavy atom. The Hall–Kier alpha value is -3.45. The summed E-state index contributed by atoms with van der Waals surface area (Å²) in [5.74, 6) is 0.344. The number of halogens is 1. The third-order valence-electron chi connectivity index (χ3n) is 3.76. The molecule has 0 spiro atoms. The molecule has 1 amide bonds. The average Bonchev–Trinajstić information content (AvgIpc) is 3.21. The Morgan fingerprint density at radius 2 is 1.86 bits per heavy atom. The molecule has 8 heteroatoms. The second-order valence-corrected chi connectivity index (χ2v) is 6.25. The van der Waals surface area contributed by atoms with Crippen molar-refractivity contribution in [3.63, 3.8) is 0 Å². The molecule has 0 aliphatic rings. The van der Waals surface area contributed by atoms with E-state index in [1.54, 1.807) is 18.2 Å². The van der Waals surface area contributed by atoms with Crippen LogP contribution in [0.4, 0.5) is 5.69 Å². The minimum absolute atomic E-state index is 0.0167. The van der Waals surface area contributed by atoms with E-state index in [9.17, 15) is 9.59 Å². The quantitative estimate of drug-likeness (QED) is 0.551. The lowest BCUT2D eigenvalue weighted by Crippen LogP contribution is -2.20. The highest BCUT2D eigenvalue weighted by molar-refractivity contribution is 6.32. The summed E-state index contributed by atoms with van der Waals surface area (Å²) in [6.07, 6.45) is 0. The topological polar surface area (TPSA) is 87.0 Å². The van der Waals surface area contributed by atoms with Crippen LogP contribution in [0.5, 0.6) is 11.5 Å². The standard InChI is InChI=1S/C21H18ClNO6/c1-26-18-9-7-14(11-17(18)22)23-20(24)13-28-21(25)19-10-8-16(29-19)12-27-15-5-3-2-4-6-15/h2-11H,12-13H2,1H3,(H,23,24). The molecule has 1 heterocycles. The van der Waals surface area contributed by atoms with Crippen LogP contribution in [-0.2, 0) is 16.1 Å². The van der Waals surface area contributed by atoms with Gasteiger partial charge < -0.3 is 23.9 Å². The van der Waals surface area contributed by atoms with E-state index in [0.29, 0.717) is 28.0 Å². The molecule has 7 nitrogen and oxygen atoms in total. The molecule has 0 bridgehead atoms. The maximum Gasteiger partial charge on any atom is 0.374 e. The Kier molecular flexibility index (Phi) is 6.76. The predicted molar refractivity (Wildman–Crippen MR) is 106 cm³/mol. The molecular weight excluding hydrogens is 398 g/mol. The number of carbonyl (C=O) groups excluding carboxylic acids is 2. The number of methoxy groups -OCH3 is 1. The van der Waals surface area contributed by atoms with Crippen molar-refractivity contribution in [2.45, 2.75) is 6.61 Å². The zero-order valence-corrected chi connectivity index (χ0v) is 16.3. The predicted octanol–water partition coefficient (Wildman–Crippen LogP) is 4.32. The van der Waals surface area contributed by atoms with Crippen molar-refractivity contribution in [2.24, 2.45) is 0 Å². The summed E-state index contributed by atoms with van der Waals surface area (Å²) < 4.78 is 21.0. The average molecular weight is 416 g/mol. The van der Waals surface area contributed by atoms with E-state index < -0.39 is 18.5 Å². The molecule has 0 aliphatic carbocycles. The molecule has 0 saturated heterocycles. The van der Waals surface area contributed by atoms with Crippen LogP contribution in [0.2, 0.25) is 5.02 Å². The van der Waals surface area contributed by atoms with Crippen LogP contribution in [0.3, 0.4) is 0 Å². The Labute approximate surface area is 172 Å². The van der Waals surface area contributed by atoms with Crippen molar-refractivity contribution >= 4 is 29.2 Å². The van der Waals surface area contributed by atoms with Crippen LogP contribution in [-0.4, -0.2) is 25.6 Å². The number of rotatable bonds is 8. The number of carbonyl (C=O) groups is 2. The zero-order valence-electron chi connectivity index (χ0n) is 15.5. The monoisotopic (exact) mass is 415 g/mol.